The molecule has 2 rings (SSSR count). The highest BCUT2D eigenvalue weighted by atomic mass is 79.9. The third-order valence-corrected chi connectivity index (χ3v) is 5.80. The molecule has 1 N–H and O–H groups in total. The molecule has 0 bridgehead atoms. The number of hydrogen-bond acceptors (Lipinski definition) is 2. The van der Waals surface area contributed by atoms with Gasteiger partial charge in [0.05, 0.1) is 0 Å². The monoisotopic (exact) mass is 315 g/mol. The maximum absolute atomic E-state index is 3.58. The van der Waals surface area contributed by atoms with Gasteiger partial charge in [0.15, 0.2) is 0 Å². The molecule has 3 heteroatoms. The Morgan fingerprint density at radius 2 is 2.12 bits per heavy atom. The lowest BCUT2D eigenvalue weighted by molar-refractivity contribution is 0.334. The summed E-state index contributed by atoms with van der Waals surface area (Å²) in [7, 11) is 0. The van der Waals surface area contributed by atoms with Crippen LogP contribution in [-0.4, -0.2) is 6.54 Å². The van der Waals surface area contributed by atoms with Crippen LogP contribution in [0.3, 0.4) is 0 Å². The first-order valence-corrected chi connectivity index (χ1v) is 8.32. The van der Waals surface area contributed by atoms with Crippen molar-refractivity contribution in [2.75, 3.05) is 6.54 Å². The van der Waals surface area contributed by atoms with Gasteiger partial charge in [0.1, 0.15) is 0 Å². The minimum Gasteiger partial charge on any atom is -0.312 e. The summed E-state index contributed by atoms with van der Waals surface area (Å²) in [5.74, 6) is 0.994. The molecule has 1 saturated carbocycles. The Morgan fingerprint density at radius 3 is 2.76 bits per heavy atom. The lowest BCUT2D eigenvalue weighted by Gasteiger charge is -2.21. The van der Waals surface area contributed by atoms with Crippen LogP contribution in [0.5, 0.6) is 0 Å². The molecule has 1 nitrogen and oxygen atoms in total. The van der Waals surface area contributed by atoms with Crippen molar-refractivity contribution in [2.24, 2.45) is 5.92 Å². The van der Waals surface area contributed by atoms with Crippen LogP contribution in [0.15, 0.2) is 10.5 Å². The van der Waals surface area contributed by atoms with E-state index in [1.807, 2.05) is 11.3 Å². The first kappa shape index (κ1) is 13.6. The Morgan fingerprint density at radius 1 is 1.35 bits per heavy atom. The van der Waals surface area contributed by atoms with E-state index in [2.05, 4.69) is 34.2 Å². The molecule has 1 aliphatic carbocycles. The number of hydrogen-bond donors (Lipinski definition) is 1. The minimum atomic E-state index is 0.994. The first-order valence-electron chi connectivity index (χ1n) is 6.71. The van der Waals surface area contributed by atoms with E-state index < -0.39 is 0 Å². The molecule has 1 aliphatic rings. The molecule has 0 aromatic carbocycles. The van der Waals surface area contributed by atoms with E-state index >= 15 is 0 Å². The van der Waals surface area contributed by atoms with Gasteiger partial charge in [0, 0.05) is 20.8 Å². The quantitative estimate of drug-likeness (QED) is 0.764. The molecule has 17 heavy (non-hydrogen) atoms. The molecule has 96 valence electrons. The van der Waals surface area contributed by atoms with Crippen molar-refractivity contribution in [1.29, 1.82) is 0 Å². The van der Waals surface area contributed by atoms with E-state index in [0.717, 1.165) is 12.5 Å². The predicted molar refractivity (Wildman–Crippen MR) is 79.7 cm³/mol. The van der Waals surface area contributed by atoms with Gasteiger partial charge in [-0.05, 0) is 47.8 Å². The summed E-state index contributed by atoms with van der Waals surface area (Å²) in [6.45, 7) is 4.38. The summed E-state index contributed by atoms with van der Waals surface area (Å²) in [6, 6.07) is 2.24. The molecule has 0 spiro atoms. The Hall–Kier alpha value is 0.140. The average Bonchev–Trinajstić information content (AvgIpc) is 2.66. The van der Waals surface area contributed by atoms with E-state index in [4.69, 9.17) is 0 Å². The molecule has 1 aromatic rings. The third-order valence-electron chi connectivity index (χ3n) is 3.66. The van der Waals surface area contributed by atoms with Crippen molar-refractivity contribution < 1.29 is 0 Å². The van der Waals surface area contributed by atoms with Gasteiger partial charge < -0.3 is 5.32 Å². The molecule has 0 radical (unpaired) electrons. The molecule has 1 fully saturated rings. The highest BCUT2D eigenvalue weighted by molar-refractivity contribution is 9.10. The zero-order chi connectivity index (χ0) is 12.1. The average molecular weight is 316 g/mol. The van der Waals surface area contributed by atoms with Crippen molar-refractivity contribution in [3.8, 4) is 0 Å². The Kier molecular flexibility index (Phi) is 5.51. The fraction of sp³-hybridized carbons (Fsp3) is 0.714. The second-order valence-corrected chi connectivity index (χ2v) is 7.28. The minimum absolute atomic E-state index is 0.994. The maximum atomic E-state index is 3.58. The molecule has 1 heterocycles. The Bertz CT molecular complexity index is 322. The molecule has 0 amide bonds. The lowest BCUT2D eigenvalue weighted by Crippen LogP contribution is -2.18. The normalized spacial score (nSPS) is 17.5. The van der Waals surface area contributed by atoms with Crippen LogP contribution in [-0.2, 0) is 6.54 Å². The predicted octanol–water partition coefficient (Wildman–Crippen LogP) is 4.88. The van der Waals surface area contributed by atoms with Crippen molar-refractivity contribution >= 4 is 27.3 Å². The van der Waals surface area contributed by atoms with Crippen molar-refractivity contribution in [1.82, 2.24) is 5.32 Å². The van der Waals surface area contributed by atoms with Crippen LogP contribution in [0, 0.1) is 12.8 Å². The van der Waals surface area contributed by atoms with Crippen molar-refractivity contribution in [3.63, 3.8) is 0 Å². The molecular weight excluding hydrogens is 294 g/mol. The topological polar surface area (TPSA) is 12.0 Å². The fourth-order valence-corrected chi connectivity index (χ4v) is 4.17. The van der Waals surface area contributed by atoms with Gasteiger partial charge in [0.2, 0.25) is 0 Å². The highest BCUT2D eigenvalue weighted by Crippen LogP contribution is 2.27. The summed E-state index contributed by atoms with van der Waals surface area (Å²) in [5, 5.41) is 3.58. The largest absolute Gasteiger partial charge is 0.312 e. The second kappa shape index (κ2) is 6.91. The van der Waals surface area contributed by atoms with Gasteiger partial charge in [-0.3, -0.25) is 0 Å². The van der Waals surface area contributed by atoms with Crippen molar-refractivity contribution in [2.45, 2.75) is 52.0 Å². The third kappa shape index (κ3) is 4.38. The zero-order valence-electron chi connectivity index (χ0n) is 10.6. The standard InChI is InChI=1S/C14H22BrNS/c1-11-14(15)9-13(17-11)10-16-8-7-12-5-3-2-4-6-12/h9,12,16H,2-8,10H2,1H3. The number of nitrogens with one attached hydrogen (secondary N) is 1. The number of rotatable bonds is 5. The number of aryl methyl sites for hydroxylation is 1. The molecule has 0 saturated heterocycles. The number of thiophene rings is 1. The van der Waals surface area contributed by atoms with Crippen LogP contribution in [0.2, 0.25) is 0 Å². The van der Waals surface area contributed by atoms with E-state index in [1.54, 1.807) is 0 Å². The maximum Gasteiger partial charge on any atom is 0.0314 e. The number of halogens is 1. The molecular formula is C14H22BrNS. The van der Waals surface area contributed by atoms with Crippen LogP contribution in [0.1, 0.15) is 48.3 Å². The SMILES string of the molecule is Cc1sc(CNCCC2CCCCC2)cc1Br. The summed E-state index contributed by atoms with van der Waals surface area (Å²) in [6.07, 6.45) is 8.68. The van der Waals surface area contributed by atoms with Crippen LogP contribution in [0.4, 0.5) is 0 Å². The summed E-state index contributed by atoms with van der Waals surface area (Å²) >= 11 is 5.46. The van der Waals surface area contributed by atoms with Crippen LogP contribution in [0.25, 0.3) is 0 Å². The lowest BCUT2D eigenvalue weighted by atomic mass is 9.87. The van der Waals surface area contributed by atoms with Crippen LogP contribution >= 0.6 is 27.3 Å². The Balaban J connectivity index is 1.62. The Labute approximate surface area is 117 Å². The highest BCUT2D eigenvalue weighted by Gasteiger charge is 2.12. The molecule has 0 aliphatic heterocycles. The van der Waals surface area contributed by atoms with Crippen LogP contribution < -0.4 is 5.32 Å². The van der Waals surface area contributed by atoms with Gasteiger partial charge in [0.25, 0.3) is 0 Å². The second-order valence-electron chi connectivity index (χ2n) is 5.09. The fourth-order valence-electron chi connectivity index (χ4n) is 2.60. The molecule has 0 unspecified atom stereocenters. The zero-order valence-corrected chi connectivity index (χ0v) is 13.0. The smallest absolute Gasteiger partial charge is 0.0314 e. The van der Waals surface area contributed by atoms with E-state index in [0.29, 0.717) is 0 Å². The summed E-state index contributed by atoms with van der Waals surface area (Å²) in [4.78, 5) is 2.83. The van der Waals surface area contributed by atoms with Gasteiger partial charge in [-0.25, -0.2) is 0 Å². The van der Waals surface area contributed by atoms with Gasteiger partial charge in [-0.2, -0.15) is 0 Å². The summed E-state index contributed by atoms with van der Waals surface area (Å²) in [5.41, 5.74) is 0. The van der Waals surface area contributed by atoms with Gasteiger partial charge in [-0.15, -0.1) is 11.3 Å². The van der Waals surface area contributed by atoms with Gasteiger partial charge in [-0.1, -0.05) is 32.1 Å². The van der Waals surface area contributed by atoms with Gasteiger partial charge >= 0.3 is 0 Å². The van der Waals surface area contributed by atoms with E-state index in [1.165, 1.54) is 59.3 Å². The van der Waals surface area contributed by atoms with E-state index in [9.17, 15) is 0 Å². The first-order chi connectivity index (χ1) is 8.25. The van der Waals surface area contributed by atoms with E-state index in [-0.39, 0.29) is 0 Å². The molecule has 0 atom stereocenters. The summed E-state index contributed by atoms with van der Waals surface area (Å²) < 4.78 is 1.26. The molecule has 1 aromatic heterocycles. The van der Waals surface area contributed by atoms with Crippen molar-refractivity contribution in [3.05, 3.63) is 20.3 Å².